The minimum Gasteiger partial charge on any atom is -0.478 e. The quantitative estimate of drug-likeness (QED) is 0.480. The number of thioether (sulfide) groups is 1. The molecule has 0 spiro atoms. The van der Waals surface area contributed by atoms with E-state index in [4.69, 9.17) is 5.11 Å². The Morgan fingerprint density at radius 3 is 2.47 bits per heavy atom. The van der Waals surface area contributed by atoms with Gasteiger partial charge in [-0.25, -0.2) is 4.79 Å². The molecule has 78 valence electrons. The lowest BCUT2D eigenvalue weighted by Gasteiger charge is -2.00. The summed E-state index contributed by atoms with van der Waals surface area (Å²) in [5.41, 5.74) is 0. The van der Waals surface area contributed by atoms with Crippen LogP contribution in [0.4, 0.5) is 0 Å². The van der Waals surface area contributed by atoms with E-state index in [2.05, 4.69) is 0 Å². The molecule has 0 radical (unpaired) electrons. The Hall–Kier alpha value is -1.48. The molecule has 0 unspecified atom stereocenters. The van der Waals surface area contributed by atoms with E-state index in [1.165, 1.54) is 0 Å². The van der Waals surface area contributed by atoms with Crippen LogP contribution in [0.2, 0.25) is 0 Å². The molecule has 1 aromatic carbocycles. The molecular weight excluding hydrogens is 208 g/mol. The van der Waals surface area contributed by atoms with Gasteiger partial charge >= 0.3 is 5.97 Å². The van der Waals surface area contributed by atoms with Gasteiger partial charge in [-0.15, -0.1) is 0 Å². The molecule has 0 saturated carbocycles. The molecule has 15 heavy (non-hydrogen) atoms. The summed E-state index contributed by atoms with van der Waals surface area (Å²) in [5.74, 6) is -0.928. The second-order valence-corrected chi connectivity index (χ2v) is 3.92. The summed E-state index contributed by atoms with van der Waals surface area (Å²) in [5, 5.41) is 8.50. The van der Waals surface area contributed by atoms with Gasteiger partial charge in [0, 0.05) is 15.9 Å². The molecule has 0 atom stereocenters. The highest BCUT2D eigenvalue weighted by molar-refractivity contribution is 8.03. The highest BCUT2D eigenvalue weighted by atomic mass is 32.2. The molecule has 0 aromatic heterocycles. The third kappa shape index (κ3) is 4.51. The average Bonchev–Trinajstić information content (AvgIpc) is 2.25. The van der Waals surface area contributed by atoms with Crippen molar-refractivity contribution >= 4 is 17.7 Å². The maximum absolute atomic E-state index is 10.3. The van der Waals surface area contributed by atoms with Crippen LogP contribution in [0.1, 0.15) is 6.92 Å². The summed E-state index contributed by atoms with van der Waals surface area (Å²) < 4.78 is 0. The molecule has 0 amide bonds. The van der Waals surface area contributed by atoms with Gasteiger partial charge in [0.15, 0.2) is 0 Å². The standard InChI is InChI=1S/C12H12O2S/c1-2-10(8-9-12(13)14)15-11-6-4-3-5-7-11/h2-9H,1H3,(H,13,14)/b9-8+,10-2?. The Bertz CT molecular complexity index is 380. The number of aliphatic carboxylic acids is 1. The Morgan fingerprint density at radius 1 is 1.27 bits per heavy atom. The highest BCUT2D eigenvalue weighted by Gasteiger charge is 1.96. The molecule has 1 N–H and O–H groups in total. The number of carboxylic acid groups (broad SMARTS) is 1. The fraction of sp³-hybridized carbons (Fsp3) is 0.0833. The van der Waals surface area contributed by atoms with Crippen LogP contribution in [0.3, 0.4) is 0 Å². The van der Waals surface area contributed by atoms with Crippen LogP contribution in [0.5, 0.6) is 0 Å². The summed E-state index contributed by atoms with van der Waals surface area (Å²) in [6.45, 7) is 1.89. The summed E-state index contributed by atoms with van der Waals surface area (Å²) in [6, 6.07) is 9.84. The van der Waals surface area contributed by atoms with Crippen molar-refractivity contribution in [3.8, 4) is 0 Å². The fourth-order valence-electron chi connectivity index (χ4n) is 0.967. The van der Waals surface area contributed by atoms with Gasteiger partial charge in [-0.05, 0) is 25.1 Å². The zero-order valence-electron chi connectivity index (χ0n) is 8.38. The van der Waals surface area contributed by atoms with E-state index < -0.39 is 5.97 Å². The van der Waals surface area contributed by atoms with E-state index in [1.54, 1.807) is 17.8 Å². The summed E-state index contributed by atoms with van der Waals surface area (Å²) >= 11 is 1.54. The van der Waals surface area contributed by atoms with Gasteiger partial charge in [0.2, 0.25) is 0 Å². The molecule has 1 aromatic rings. The van der Waals surface area contributed by atoms with E-state index >= 15 is 0 Å². The van der Waals surface area contributed by atoms with Crippen LogP contribution < -0.4 is 0 Å². The van der Waals surface area contributed by atoms with Crippen LogP contribution in [-0.4, -0.2) is 11.1 Å². The topological polar surface area (TPSA) is 37.3 Å². The minimum atomic E-state index is -0.928. The monoisotopic (exact) mass is 220 g/mol. The fourth-order valence-corrected chi connectivity index (χ4v) is 1.79. The summed E-state index contributed by atoms with van der Waals surface area (Å²) in [7, 11) is 0. The second kappa shape index (κ2) is 6.09. The Balaban J connectivity index is 2.68. The first kappa shape index (κ1) is 11.6. The van der Waals surface area contributed by atoms with Crippen LogP contribution in [0.15, 0.2) is 58.4 Å². The maximum Gasteiger partial charge on any atom is 0.328 e. The number of allylic oxidation sites excluding steroid dienone is 2. The Kier molecular flexibility index (Phi) is 4.71. The lowest BCUT2D eigenvalue weighted by molar-refractivity contribution is -0.131. The molecule has 1 rings (SSSR count). The number of carboxylic acids is 1. The second-order valence-electron chi connectivity index (χ2n) is 2.78. The average molecular weight is 220 g/mol. The largest absolute Gasteiger partial charge is 0.478 e. The molecule has 3 heteroatoms. The van der Waals surface area contributed by atoms with Gasteiger partial charge in [-0.1, -0.05) is 36.0 Å². The molecule has 2 nitrogen and oxygen atoms in total. The normalized spacial score (nSPS) is 11.9. The molecule has 0 aliphatic rings. The lowest BCUT2D eigenvalue weighted by Crippen LogP contribution is -1.86. The van der Waals surface area contributed by atoms with E-state index in [1.807, 2.05) is 43.3 Å². The maximum atomic E-state index is 10.3. The molecule has 0 aliphatic heterocycles. The predicted molar refractivity (Wildman–Crippen MR) is 62.8 cm³/mol. The number of benzene rings is 1. The van der Waals surface area contributed by atoms with Crippen LogP contribution in [-0.2, 0) is 4.79 Å². The first-order valence-corrected chi connectivity index (χ1v) is 5.34. The minimum absolute atomic E-state index is 0.920. The lowest BCUT2D eigenvalue weighted by atomic mass is 10.4. The third-order valence-electron chi connectivity index (χ3n) is 1.65. The predicted octanol–water partition coefficient (Wildman–Crippen LogP) is 3.32. The molecule has 0 heterocycles. The molecular formula is C12H12O2S. The zero-order chi connectivity index (χ0) is 11.1. The summed E-state index contributed by atoms with van der Waals surface area (Å²) in [6.07, 6.45) is 4.63. The van der Waals surface area contributed by atoms with E-state index in [0.717, 1.165) is 15.9 Å². The van der Waals surface area contributed by atoms with Gasteiger partial charge in [0.05, 0.1) is 0 Å². The zero-order valence-corrected chi connectivity index (χ0v) is 9.20. The van der Waals surface area contributed by atoms with Crippen molar-refractivity contribution in [2.75, 3.05) is 0 Å². The van der Waals surface area contributed by atoms with Gasteiger partial charge in [-0.3, -0.25) is 0 Å². The van der Waals surface area contributed by atoms with E-state index in [9.17, 15) is 4.79 Å². The number of carbonyl (C=O) groups is 1. The number of hydrogen-bond acceptors (Lipinski definition) is 2. The van der Waals surface area contributed by atoms with Crippen molar-refractivity contribution in [2.24, 2.45) is 0 Å². The van der Waals surface area contributed by atoms with Crippen LogP contribution in [0, 0.1) is 0 Å². The van der Waals surface area contributed by atoms with Crippen molar-refractivity contribution in [1.82, 2.24) is 0 Å². The number of rotatable bonds is 4. The van der Waals surface area contributed by atoms with Crippen molar-refractivity contribution in [3.05, 3.63) is 53.5 Å². The van der Waals surface area contributed by atoms with Gasteiger partial charge in [0.25, 0.3) is 0 Å². The number of hydrogen-bond donors (Lipinski definition) is 1. The first-order valence-electron chi connectivity index (χ1n) is 4.52. The van der Waals surface area contributed by atoms with Gasteiger partial charge in [0.1, 0.15) is 0 Å². The van der Waals surface area contributed by atoms with Crippen molar-refractivity contribution in [1.29, 1.82) is 0 Å². The van der Waals surface area contributed by atoms with Crippen LogP contribution in [0.25, 0.3) is 0 Å². The molecule has 0 fully saturated rings. The van der Waals surface area contributed by atoms with Gasteiger partial charge in [-0.2, -0.15) is 0 Å². The van der Waals surface area contributed by atoms with Gasteiger partial charge < -0.3 is 5.11 Å². The summed E-state index contributed by atoms with van der Waals surface area (Å²) in [4.78, 5) is 12.4. The first-order chi connectivity index (χ1) is 7.22. The molecule has 0 saturated heterocycles. The van der Waals surface area contributed by atoms with Crippen molar-refractivity contribution in [2.45, 2.75) is 11.8 Å². The van der Waals surface area contributed by atoms with Crippen molar-refractivity contribution in [3.63, 3.8) is 0 Å². The SMILES string of the molecule is CC=C(/C=C/C(=O)O)Sc1ccccc1. The highest BCUT2D eigenvalue weighted by Crippen LogP contribution is 2.26. The Labute approximate surface area is 93.3 Å². The third-order valence-corrected chi connectivity index (χ3v) is 2.77. The van der Waals surface area contributed by atoms with E-state index in [-0.39, 0.29) is 0 Å². The molecule has 0 aliphatic carbocycles. The van der Waals surface area contributed by atoms with Crippen molar-refractivity contribution < 1.29 is 9.90 Å². The smallest absolute Gasteiger partial charge is 0.328 e. The van der Waals surface area contributed by atoms with Crippen LogP contribution >= 0.6 is 11.8 Å². The Morgan fingerprint density at radius 2 is 1.93 bits per heavy atom. The molecule has 0 bridgehead atoms. The van der Waals surface area contributed by atoms with E-state index in [0.29, 0.717) is 0 Å².